The highest BCUT2D eigenvalue weighted by molar-refractivity contribution is 6.30. The minimum atomic E-state index is -0.156. The standard InChI is InChI=1S/C19H26ClN3O3/c1-26-11-3-6-21-18(24)16-13-17(16)19(25)23-9-7-22(8-10-23)15-5-2-4-14(20)12-15/h2,4-5,12,16-17H,3,6-11,13H2,1H3,(H,21,24). The minimum Gasteiger partial charge on any atom is -0.385 e. The van der Waals surface area contributed by atoms with Crippen molar-refractivity contribution in [1.82, 2.24) is 10.2 Å². The van der Waals surface area contributed by atoms with E-state index >= 15 is 0 Å². The second kappa shape index (κ2) is 8.73. The fourth-order valence-corrected chi connectivity index (χ4v) is 3.59. The Morgan fingerprint density at radius 2 is 2.00 bits per heavy atom. The number of nitrogens with zero attached hydrogens (tertiary/aromatic N) is 2. The van der Waals surface area contributed by atoms with E-state index in [9.17, 15) is 9.59 Å². The second-order valence-electron chi connectivity index (χ2n) is 6.88. The van der Waals surface area contributed by atoms with Crippen molar-refractivity contribution in [3.05, 3.63) is 29.3 Å². The number of anilines is 1. The molecule has 26 heavy (non-hydrogen) atoms. The van der Waals surface area contributed by atoms with Gasteiger partial charge in [0, 0.05) is 57.2 Å². The van der Waals surface area contributed by atoms with Gasteiger partial charge in [-0.2, -0.15) is 0 Å². The number of carbonyl (C=O) groups excluding carboxylic acids is 2. The van der Waals surface area contributed by atoms with Crippen LogP contribution in [0.25, 0.3) is 0 Å². The lowest BCUT2D eigenvalue weighted by Gasteiger charge is -2.36. The Kier molecular flexibility index (Phi) is 6.38. The van der Waals surface area contributed by atoms with E-state index in [1.165, 1.54) is 0 Å². The Morgan fingerprint density at radius 3 is 2.69 bits per heavy atom. The van der Waals surface area contributed by atoms with Crippen molar-refractivity contribution >= 4 is 29.1 Å². The molecule has 1 aliphatic carbocycles. The van der Waals surface area contributed by atoms with Crippen LogP contribution in [0.5, 0.6) is 0 Å². The first-order valence-electron chi connectivity index (χ1n) is 9.16. The molecule has 1 saturated heterocycles. The molecule has 6 nitrogen and oxygen atoms in total. The van der Waals surface area contributed by atoms with Crippen molar-refractivity contribution in [1.29, 1.82) is 0 Å². The first-order chi connectivity index (χ1) is 12.6. The summed E-state index contributed by atoms with van der Waals surface area (Å²) in [5.41, 5.74) is 1.09. The molecular formula is C19H26ClN3O3. The summed E-state index contributed by atoms with van der Waals surface area (Å²) in [6, 6.07) is 7.78. The van der Waals surface area contributed by atoms with Crippen molar-refractivity contribution < 1.29 is 14.3 Å². The minimum absolute atomic E-state index is 0.00276. The van der Waals surface area contributed by atoms with Gasteiger partial charge in [0.15, 0.2) is 0 Å². The van der Waals surface area contributed by atoms with Crippen molar-refractivity contribution in [2.75, 3.05) is 51.3 Å². The quantitative estimate of drug-likeness (QED) is 0.733. The molecule has 2 amide bonds. The zero-order valence-electron chi connectivity index (χ0n) is 15.1. The molecule has 1 heterocycles. The van der Waals surface area contributed by atoms with Crippen molar-refractivity contribution in [2.45, 2.75) is 12.8 Å². The summed E-state index contributed by atoms with van der Waals surface area (Å²) in [4.78, 5) is 28.9. The molecule has 0 radical (unpaired) electrons. The van der Waals surface area contributed by atoms with Gasteiger partial charge in [-0.1, -0.05) is 17.7 Å². The first-order valence-corrected chi connectivity index (χ1v) is 9.54. The average Bonchev–Trinajstić information content (AvgIpc) is 3.45. The number of halogens is 1. The summed E-state index contributed by atoms with van der Waals surface area (Å²) >= 11 is 6.06. The van der Waals surface area contributed by atoms with Gasteiger partial charge >= 0.3 is 0 Å². The first kappa shape index (κ1) is 19.0. The molecule has 1 aliphatic heterocycles. The Labute approximate surface area is 159 Å². The fourth-order valence-electron chi connectivity index (χ4n) is 3.41. The maximum Gasteiger partial charge on any atom is 0.226 e. The van der Waals surface area contributed by atoms with Crippen molar-refractivity contribution in [2.24, 2.45) is 11.8 Å². The molecule has 0 bridgehead atoms. The van der Waals surface area contributed by atoms with E-state index in [0.29, 0.717) is 32.7 Å². The Balaban J connectivity index is 1.42. The molecule has 1 aromatic rings. The van der Waals surface area contributed by atoms with E-state index < -0.39 is 0 Å². The number of rotatable bonds is 7. The summed E-state index contributed by atoms with van der Waals surface area (Å²) in [7, 11) is 1.64. The van der Waals surface area contributed by atoms with Crippen LogP contribution in [0, 0.1) is 11.8 Å². The third kappa shape index (κ3) is 4.68. The van der Waals surface area contributed by atoms with Gasteiger partial charge in [-0.15, -0.1) is 0 Å². The van der Waals surface area contributed by atoms with E-state index in [1.54, 1.807) is 7.11 Å². The summed E-state index contributed by atoms with van der Waals surface area (Å²) in [5, 5.41) is 3.61. The van der Waals surface area contributed by atoms with Crippen LogP contribution < -0.4 is 10.2 Å². The summed E-state index contributed by atoms with van der Waals surface area (Å²) in [6.45, 7) is 4.17. The van der Waals surface area contributed by atoms with Crippen LogP contribution in [0.3, 0.4) is 0 Å². The third-order valence-corrected chi connectivity index (χ3v) is 5.27. The topological polar surface area (TPSA) is 61.9 Å². The van der Waals surface area contributed by atoms with Gasteiger partial charge in [-0.25, -0.2) is 0 Å². The normalized spacial score (nSPS) is 22.2. The predicted molar refractivity (Wildman–Crippen MR) is 101 cm³/mol. The van der Waals surface area contributed by atoms with Gasteiger partial charge in [-0.3, -0.25) is 9.59 Å². The molecule has 7 heteroatoms. The Hall–Kier alpha value is -1.79. The molecule has 1 saturated carbocycles. The highest BCUT2D eigenvalue weighted by atomic mass is 35.5. The number of amides is 2. The molecule has 2 aliphatic rings. The summed E-state index contributed by atoms with van der Waals surface area (Å²) in [5.74, 6) is -0.184. The molecule has 2 atom stereocenters. The lowest BCUT2D eigenvalue weighted by Crippen LogP contribution is -2.49. The third-order valence-electron chi connectivity index (χ3n) is 5.03. The van der Waals surface area contributed by atoms with Crippen LogP contribution in [-0.4, -0.2) is 63.2 Å². The molecule has 1 N–H and O–H groups in total. The zero-order valence-corrected chi connectivity index (χ0v) is 15.9. The van der Waals surface area contributed by atoms with Gasteiger partial charge in [0.05, 0.1) is 11.8 Å². The van der Waals surface area contributed by atoms with Gasteiger partial charge in [0.2, 0.25) is 11.8 Å². The smallest absolute Gasteiger partial charge is 0.226 e. The summed E-state index contributed by atoms with van der Waals surface area (Å²) < 4.78 is 4.96. The second-order valence-corrected chi connectivity index (χ2v) is 7.31. The van der Waals surface area contributed by atoms with E-state index in [4.69, 9.17) is 16.3 Å². The molecule has 0 aromatic heterocycles. The van der Waals surface area contributed by atoms with Crippen LogP contribution in [0.4, 0.5) is 5.69 Å². The van der Waals surface area contributed by atoms with E-state index in [-0.39, 0.29) is 23.7 Å². The number of carbonyl (C=O) groups is 2. The number of ether oxygens (including phenoxy) is 1. The SMILES string of the molecule is COCCCNC(=O)C1CC1C(=O)N1CCN(c2cccc(Cl)c2)CC1. The van der Waals surface area contributed by atoms with Gasteiger partial charge in [0.1, 0.15) is 0 Å². The molecule has 0 spiro atoms. The number of hydrogen-bond acceptors (Lipinski definition) is 4. The molecule has 2 unspecified atom stereocenters. The van der Waals surface area contributed by atoms with Gasteiger partial charge < -0.3 is 19.9 Å². The van der Waals surface area contributed by atoms with Gasteiger partial charge in [0.25, 0.3) is 0 Å². The lowest BCUT2D eigenvalue weighted by atomic mass is 10.2. The largest absolute Gasteiger partial charge is 0.385 e. The average molecular weight is 380 g/mol. The van der Waals surface area contributed by atoms with Crippen LogP contribution in [-0.2, 0) is 14.3 Å². The number of methoxy groups -OCH3 is 1. The summed E-state index contributed by atoms with van der Waals surface area (Å²) in [6.07, 6.45) is 1.46. The number of hydrogen-bond donors (Lipinski definition) is 1. The van der Waals surface area contributed by atoms with Crippen LogP contribution in [0.1, 0.15) is 12.8 Å². The van der Waals surface area contributed by atoms with Crippen LogP contribution in [0.2, 0.25) is 5.02 Å². The maximum absolute atomic E-state index is 12.6. The highest BCUT2D eigenvalue weighted by Gasteiger charge is 2.49. The van der Waals surface area contributed by atoms with E-state index in [0.717, 1.165) is 30.2 Å². The van der Waals surface area contributed by atoms with Crippen LogP contribution >= 0.6 is 11.6 Å². The number of nitrogens with one attached hydrogen (secondary N) is 1. The fraction of sp³-hybridized carbons (Fsp3) is 0.579. The number of benzene rings is 1. The predicted octanol–water partition coefficient (Wildman–Crippen LogP) is 1.78. The Bertz CT molecular complexity index is 647. The zero-order chi connectivity index (χ0) is 18.5. The molecular weight excluding hydrogens is 354 g/mol. The maximum atomic E-state index is 12.6. The Morgan fingerprint density at radius 1 is 1.23 bits per heavy atom. The lowest BCUT2D eigenvalue weighted by molar-refractivity contribution is -0.135. The van der Waals surface area contributed by atoms with Crippen LogP contribution in [0.15, 0.2) is 24.3 Å². The van der Waals surface area contributed by atoms with E-state index in [2.05, 4.69) is 10.2 Å². The van der Waals surface area contributed by atoms with Crippen molar-refractivity contribution in [3.63, 3.8) is 0 Å². The van der Waals surface area contributed by atoms with Crippen molar-refractivity contribution in [3.8, 4) is 0 Å². The molecule has 2 fully saturated rings. The molecule has 142 valence electrons. The van der Waals surface area contributed by atoms with E-state index in [1.807, 2.05) is 29.2 Å². The molecule has 3 rings (SSSR count). The highest BCUT2D eigenvalue weighted by Crippen LogP contribution is 2.40. The van der Waals surface area contributed by atoms with Gasteiger partial charge in [-0.05, 0) is 31.0 Å². The number of piperazine rings is 1. The molecule has 1 aromatic carbocycles. The monoisotopic (exact) mass is 379 g/mol.